The lowest BCUT2D eigenvalue weighted by atomic mass is 9.96. The summed E-state index contributed by atoms with van der Waals surface area (Å²) in [7, 11) is 0. The summed E-state index contributed by atoms with van der Waals surface area (Å²) < 4.78 is 7.62. The highest BCUT2D eigenvalue weighted by atomic mass is 16.5. The number of nitrogens with one attached hydrogen (secondary N) is 1. The van der Waals surface area contributed by atoms with Crippen molar-refractivity contribution in [2.24, 2.45) is 11.8 Å². The fourth-order valence-corrected chi connectivity index (χ4v) is 4.95. The zero-order valence-corrected chi connectivity index (χ0v) is 21.3. The van der Waals surface area contributed by atoms with Gasteiger partial charge in [0.25, 0.3) is 11.8 Å². The molecule has 7 nitrogen and oxygen atoms in total. The Balaban J connectivity index is 1.14. The first-order chi connectivity index (χ1) is 17.5. The van der Waals surface area contributed by atoms with Gasteiger partial charge in [-0.2, -0.15) is 5.10 Å². The molecule has 2 aliphatic rings. The lowest BCUT2D eigenvalue weighted by Gasteiger charge is -2.32. The molecule has 1 saturated carbocycles. The second-order valence-corrected chi connectivity index (χ2v) is 10.4. The fourth-order valence-electron chi connectivity index (χ4n) is 4.95. The van der Waals surface area contributed by atoms with Crippen LogP contribution >= 0.6 is 0 Å². The molecule has 2 fully saturated rings. The van der Waals surface area contributed by atoms with Gasteiger partial charge >= 0.3 is 0 Å². The molecule has 0 unspecified atom stereocenters. The van der Waals surface area contributed by atoms with Gasteiger partial charge in [-0.1, -0.05) is 17.7 Å². The van der Waals surface area contributed by atoms with Crippen molar-refractivity contribution >= 4 is 22.7 Å². The van der Waals surface area contributed by atoms with Crippen molar-refractivity contribution in [2.45, 2.75) is 46.1 Å². The summed E-state index contributed by atoms with van der Waals surface area (Å²) in [5, 5.41) is 8.76. The summed E-state index contributed by atoms with van der Waals surface area (Å²) in [6.45, 7) is 8.26. The third-order valence-electron chi connectivity index (χ3n) is 7.48. The maximum Gasteiger partial charge on any atom is 0.253 e. The highest BCUT2D eigenvalue weighted by molar-refractivity contribution is 6.00. The molecule has 0 bridgehead atoms. The Bertz CT molecular complexity index is 1220. The highest BCUT2D eigenvalue weighted by Crippen LogP contribution is 2.28. The summed E-state index contributed by atoms with van der Waals surface area (Å²) in [5.41, 5.74) is 4.47. The molecule has 5 rings (SSSR count). The van der Waals surface area contributed by atoms with E-state index in [4.69, 9.17) is 9.84 Å². The first-order valence-corrected chi connectivity index (χ1v) is 13.2. The molecule has 0 atom stereocenters. The van der Waals surface area contributed by atoms with E-state index >= 15 is 0 Å². The molecular formula is C29H36N4O3. The molecule has 2 amide bonds. The van der Waals surface area contributed by atoms with Crippen LogP contribution < -0.4 is 5.32 Å². The van der Waals surface area contributed by atoms with Gasteiger partial charge in [0.05, 0.1) is 12.1 Å². The summed E-state index contributed by atoms with van der Waals surface area (Å²) >= 11 is 0. The van der Waals surface area contributed by atoms with Gasteiger partial charge in [-0.3, -0.25) is 14.3 Å². The van der Waals surface area contributed by atoms with Gasteiger partial charge in [-0.25, -0.2) is 0 Å². The Morgan fingerprint density at radius 2 is 1.75 bits per heavy atom. The van der Waals surface area contributed by atoms with Gasteiger partial charge in [0.15, 0.2) is 0 Å². The van der Waals surface area contributed by atoms with Crippen molar-refractivity contribution in [2.75, 3.05) is 32.8 Å². The van der Waals surface area contributed by atoms with Crippen LogP contribution in [0.3, 0.4) is 0 Å². The van der Waals surface area contributed by atoms with Crippen molar-refractivity contribution in [3.05, 3.63) is 64.8 Å². The maximum absolute atomic E-state index is 12.8. The largest absolute Gasteiger partial charge is 0.379 e. The van der Waals surface area contributed by atoms with Gasteiger partial charge in [0.2, 0.25) is 0 Å². The number of nitrogens with zero attached hydrogens (tertiary/aromatic N) is 3. The summed E-state index contributed by atoms with van der Waals surface area (Å²) in [4.78, 5) is 27.5. The molecule has 190 valence electrons. The van der Waals surface area contributed by atoms with Crippen LogP contribution in [0.5, 0.6) is 0 Å². The normalized spacial score (nSPS) is 16.4. The van der Waals surface area contributed by atoms with Crippen LogP contribution in [0.25, 0.3) is 10.9 Å². The monoisotopic (exact) mass is 488 g/mol. The number of hydrogen-bond acceptors (Lipinski definition) is 4. The van der Waals surface area contributed by atoms with Crippen LogP contribution in [0.4, 0.5) is 0 Å². The van der Waals surface area contributed by atoms with Crippen molar-refractivity contribution in [3.8, 4) is 0 Å². The average molecular weight is 489 g/mol. The van der Waals surface area contributed by atoms with E-state index in [-0.39, 0.29) is 11.8 Å². The number of aryl methyl sites for hydroxylation is 2. The minimum atomic E-state index is -0.0669. The lowest BCUT2D eigenvalue weighted by molar-refractivity contribution is 0.0681. The Hall–Kier alpha value is -3.19. The van der Waals surface area contributed by atoms with E-state index in [1.54, 1.807) is 0 Å². The predicted molar refractivity (Wildman–Crippen MR) is 140 cm³/mol. The van der Waals surface area contributed by atoms with Crippen molar-refractivity contribution in [1.29, 1.82) is 0 Å². The number of carbonyl (C=O) groups is 2. The minimum absolute atomic E-state index is 0.0669. The molecule has 0 spiro atoms. The average Bonchev–Trinajstić information content (AvgIpc) is 3.62. The number of ether oxygens (including phenoxy) is 1. The summed E-state index contributed by atoms with van der Waals surface area (Å²) in [5.74, 6) is 1.26. The van der Waals surface area contributed by atoms with Gasteiger partial charge in [-0.15, -0.1) is 0 Å². The van der Waals surface area contributed by atoms with Crippen molar-refractivity contribution in [1.82, 2.24) is 20.0 Å². The van der Waals surface area contributed by atoms with Crippen LogP contribution in [0, 0.1) is 25.7 Å². The van der Waals surface area contributed by atoms with Gasteiger partial charge in [0.1, 0.15) is 0 Å². The Labute approximate surface area is 212 Å². The van der Waals surface area contributed by atoms with E-state index in [1.807, 2.05) is 59.8 Å². The second kappa shape index (κ2) is 10.8. The summed E-state index contributed by atoms with van der Waals surface area (Å²) in [6.07, 6.45) is 6.52. The van der Waals surface area contributed by atoms with Crippen molar-refractivity contribution in [3.63, 3.8) is 0 Å². The molecule has 0 radical (unpaired) electrons. The lowest BCUT2D eigenvalue weighted by Crippen LogP contribution is -2.39. The number of likely N-dealkylation sites (tertiary alicyclic amines) is 1. The van der Waals surface area contributed by atoms with E-state index in [0.717, 1.165) is 72.6 Å². The molecule has 7 heteroatoms. The molecule has 1 aromatic heterocycles. The Kier molecular flexibility index (Phi) is 7.37. The number of rotatable bonds is 9. The van der Waals surface area contributed by atoms with E-state index < -0.39 is 0 Å². The van der Waals surface area contributed by atoms with Crippen LogP contribution in [-0.4, -0.2) is 59.3 Å². The molecule has 1 aliphatic heterocycles. The van der Waals surface area contributed by atoms with E-state index in [2.05, 4.69) is 11.5 Å². The molecule has 2 aromatic carbocycles. The van der Waals surface area contributed by atoms with Crippen LogP contribution in [0.2, 0.25) is 0 Å². The topological polar surface area (TPSA) is 76.5 Å². The third kappa shape index (κ3) is 5.78. The molecule has 2 heterocycles. The van der Waals surface area contributed by atoms with E-state index in [0.29, 0.717) is 24.6 Å². The Morgan fingerprint density at radius 3 is 2.47 bits per heavy atom. The van der Waals surface area contributed by atoms with Crippen LogP contribution in [-0.2, 0) is 11.3 Å². The predicted octanol–water partition coefficient (Wildman–Crippen LogP) is 4.36. The highest BCUT2D eigenvalue weighted by Gasteiger charge is 2.24. The third-order valence-corrected chi connectivity index (χ3v) is 7.48. The van der Waals surface area contributed by atoms with Gasteiger partial charge < -0.3 is 15.0 Å². The Morgan fingerprint density at radius 1 is 1.00 bits per heavy atom. The second-order valence-electron chi connectivity index (χ2n) is 10.4. The molecule has 36 heavy (non-hydrogen) atoms. The van der Waals surface area contributed by atoms with Gasteiger partial charge in [0, 0.05) is 55.5 Å². The standard InChI is InChI=1S/C29H36N4O3/c1-20-3-7-24(8-4-20)29(35)32-14-11-22(12-15-32)17-33-18-26-21(2)25(9-10-27(26)31-33)28(34)30-13-16-36-19-23-5-6-23/h3-4,7-10,18,22-23H,5-6,11-17,19H2,1-2H3,(H,30,34). The zero-order chi connectivity index (χ0) is 25.1. The molecule has 1 N–H and O–H groups in total. The molecule has 1 aliphatic carbocycles. The minimum Gasteiger partial charge on any atom is -0.379 e. The number of piperidine rings is 1. The quantitative estimate of drug-likeness (QED) is 0.454. The van der Waals surface area contributed by atoms with E-state index in [1.165, 1.54) is 12.8 Å². The SMILES string of the molecule is Cc1ccc(C(=O)N2CCC(Cn3cc4c(C)c(C(=O)NCCOCC5CC5)ccc4n3)CC2)cc1. The number of benzene rings is 2. The number of hydrogen-bond donors (Lipinski definition) is 1. The fraction of sp³-hybridized carbons (Fsp3) is 0.483. The number of carbonyl (C=O) groups excluding carboxylic acids is 2. The smallest absolute Gasteiger partial charge is 0.253 e. The van der Waals surface area contributed by atoms with E-state index in [9.17, 15) is 9.59 Å². The first kappa shape index (κ1) is 24.5. The van der Waals surface area contributed by atoms with Crippen LogP contribution in [0.15, 0.2) is 42.6 Å². The number of fused-ring (bicyclic) bond motifs is 1. The maximum atomic E-state index is 12.8. The van der Waals surface area contributed by atoms with Crippen molar-refractivity contribution < 1.29 is 14.3 Å². The number of aromatic nitrogens is 2. The van der Waals surface area contributed by atoms with Gasteiger partial charge in [-0.05, 0) is 81.2 Å². The summed E-state index contributed by atoms with van der Waals surface area (Å²) in [6, 6.07) is 11.6. The number of amides is 2. The molecule has 3 aromatic rings. The van der Waals surface area contributed by atoms with Crippen LogP contribution in [0.1, 0.15) is 57.5 Å². The first-order valence-electron chi connectivity index (χ1n) is 13.2. The zero-order valence-electron chi connectivity index (χ0n) is 21.3. The molecule has 1 saturated heterocycles. The molecular weight excluding hydrogens is 452 g/mol.